The molecule has 4 nitrogen and oxygen atoms in total. The molecule has 0 radical (unpaired) electrons. The Kier molecular flexibility index (Phi) is 2.59. The van der Waals surface area contributed by atoms with Gasteiger partial charge < -0.3 is 10.1 Å². The number of piperidine rings is 1. The Morgan fingerprint density at radius 3 is 2.95 bits per heavy atom. The number of nitrogens with one attached hydrogen (secondary N) is 1. The molecule has 0 bridgehead atoms. The lowest BCUT2D eigenvalue weighted by Crippen LogP contribution is -2.45. The highest BCUT2D eigenvalue weighted by Gasteiger charge is 2.43. The van der Waals surface area contributed by atoms with Gasteiger partial charge in [0.05, 0.1) is 11.9 Å². The van der Waals surface area contributed by atoms with Crippen LogP contribution in [0.4, 0.5) is 0 Å². The summed E-state index contributed by atoms with van der Waals surface area (Å²) in [6.07, 6.45) is 3.87. The van der Waals surface area contributed by atoms with E-state index >= 15 is 0 Å². The summed E-state index contributed by atoms with van der Waals surface area (Å²) in [5, 5.41) is 8.56. The van der Waals surface area contributed by atoms with E-state index in [1.165, 1.54) is 5.56 Å². The topological polar surface area (TPSA) is 39.1 Å². The first-order valence-electron chi connectivity index (χ1n) is 6.92. The Labute approximate surface area is 122 Å². The highest BCUT2D eigenvalue weighted by atomic mass is 35.5. The molecule has 0 saturated carbocycles. The molecule has 104 valence electrons. The molecule has 4 rings (SSSR count). The number of nitrogens with zero attached hydrogens (tertiary/aromatic N) is 2. The van der Waals surface area contributed by atoms with Crippen molar-refractivity contribution in [3.63, 3.8) is 0 Å². The van der Waals surface area contributed by atoms with Gasteiger partial charge in [-0.25, -0.2) is 0 Å². The van der Waals surface area contributed by atoms with Crippen LogP contribution in [0.2, 0.25) is 5.02 Å². The van der Waals surface area contributed by atoms with E-state index in [4.69, 9.17) is 16.3 Å². The first-order chi connectivity index (χ1) is 9.70. The summed E-state index contributed by atoms with van der Waals surface area (Å²) >= 11 is 6.13. The van der Waals surface area contributed by atoms with E-state index < -0.39 is 0 Å². The number of fused-ring (bicyclic) bond motifs is 4. The third kappa shape index (κ3) is 1.61. The van der Waals surface area contributed by atoms with Gasteiger partial charge in [-0.3, -0.25) is 4.68 Å². The van der Waals surface area contributed by atoms with E-state index in [9.17, 15) is 0 Å². The molecule has 1 N–H and O–H groups in total. The van der Waals surface area contributed by atoms with Crippen molar-refractivity contribution in [2.75, 3.05) is 13.1 Å². The Balaban J connectivity index is 1.96. The quantitative estimate of drug-likeness (QED) is 0.810. The van der Waals surface area contributed by atoms with Crippen LogP contribution in [-0.2, 0) is 12.6 Å². The number of benzene rings is 1. The molecule has 1 aromatic carbocycles. The van der Waals surface area contributed by atoms with Crippen LogP contribution in [0.1, 0.15) is 18.4 Å². The van der Waals surface area contributed by atoms with Gasteiger partial charge in [-0.15, -0.1) is 0 Å². The molecule has 3 heterocycles. The van der Waals surface area contributed by atoms with Crippen LogP contribution >= 0.6 is 11.6 Å². The maximum atomic E-state index is 6.40. The summed E-state index contributed by atoms with van der Waals surface area (Å²) in [5.41, 5.74) is 3.18. The smallest absolute Gasteiger partial charge is 0.140 e. The van der Waals surface area contributed by atoms with E-state index in [1.807, 2.05) is 36.1 Å². The van der Waals surface area contributed by atoms with Gasteiger partial charge in [-0.05, 0) is 31.3 Å². The molecule has 0 aliphatic carbocycles. The lowest BCUT2D eigenvalue weighted by Gasteiger charge is -2.41. The number of hydrogen-bond donors (Lipinski definition) is 1. The fourth-order valence-corrected chi connectivity index (χ4v) is 3.50. The Morgan fingerprint density at radius 1 is 1.35 bits per heavy atom. The largest absolute Gasteiger partial charge is 0.482 e. The number of aryl methyl sites for hydroxylation is 1. The van der Waals surface area contributed by atoms with Gasteiger partial charge in [-0.1, -0.05) is 11.6 Å². The maximum Gasteiger partial charge on any atom is 0.140 e. The van der Waals surface area contributed by atoms with Crippen molar-refractivity contribution in [2.24, 2.45) is 7.05 Å². The normalized spacial score (nSPS) is 19.3. The lowest BCUT2D eigenvalue weighted by atomic mass is 9.81. The van der Waals surface area contributed by atoms with E-state index in [0.29, 0.717) is 5.02 Å². The molecule has 0 unspecified atom stereocenters. The van der Waals surface area contributed by atoms with Crippen molar-refractivity contribution in [3.05, 3.63) is 35.0 Å². The molecule has 1 aromatic heterocycles. The predicted molar refractivity (Wildman–Crippen MR) is 78.1 cm³/mol. The van der Waals surface area contributed by atoms with Crippen molar-refractivity contribution in [1.82, 2.24) is 15.1 Å². The zero-order valence-corrected chi connectivity index (χ0v) is 12.1. The van der Waals surface area contributed by atoms with Crippen molar-refractivity contribution in [1.29, 1.82) is 0 Å². The van der Waals surface area contributed by atoms with Crippen LogP contribution in [0.25, 0.3) is 11.3 Å². The van der Waals surface area contributed by atoms with E-state index in [-0.39, 0.29) is 5.60 Å². The summed E-state index contributed by atoms with van der Waals surface area (Å²) in [6.45, 7) is 1.93. The van der Waals surface area contributed by atoms with Crippen molar-refractivity contribution < 1.29 is 4.74 Å². The molecule has 2 aliphatic heterocycles. The summed E-state index contributed by atoms with van der Waals surface area (Å²) in [5.74, 6) is 0.871. The van der Waals surface area contributed by atoms with Crippen LogP contribution in [0, 0.1) is 0 Å². The third-order valence-corrected chi connectivity index (χ3v) is 4.58. The molecule has 1 spiro atoms. The molecular weight excluding hydrogens is 274 g/mol. The number of hydrogen-bond acceptors (Lipinski definition) is 3. The number of ether oxygens (including phenoxy) is 1. The van der Waals surface area contributed by atoms with Crippen LogP contribution in [-0.4, -0.2) is 22.9 Å². The van der Waals surface area contributed by atoms with Crippen molar-refractivity contribution in [3.8, 4) is 17.0 Å². The van der Waals surface area contributed by atoms with Crippen molar-refractivity contribution in [2.45, 2.75) is 18.4 Å². The van der Waals surface area contributed by atoms with Gasteiger partial charge in [0.2, 0.25) is 0 Å². The second-order valence-corrected chi connectivity index (χ2v) is 5.95. The van der Waals surface area contributed by atoms with Crippen LogP contribution < -0.4 is 10.1 Å². The van der Waals surface area contributed by atoms with Gasteiger partial charge in [0, 0.05) is 36.0 Å². The SMILES string of the molecule is Cn1ncc2c1-c1ccc(Cl)cc1OC21CCNCC1. The lowest BCUT2D eigenvalue weighted by molar-refractivity contribution is 0.0306. The predicted octanol–water partition coefficient (Wildman–Crippen LogP) is 2.71. The highest BCUT2D eigenvalue weighted by Crippen LogP contribution is 2.49. The monoisotopic (exact) mass is 289 g/mol. The molecule has 0 amide bonds. The molecule has 5 heteroatoms. The zero-order valence-electron chi connectivity index (χ0n) is 11.3. The second-order valence-electron chi connectivity index (χ2n) is 5.52. The third-order valence-electron chi connectivity index (χ3n) is 4.34. The average molecular weight is 290 g/mol. The maximum absolute atomic E-state index is 6.40. The van der Waals surface area contributed by atoms with Crippen LogP contribution in [0.3, 0.4) is 0 Å². The number of halogens is 1. The van der Waals surface area contributed by atoms with Crippen LogP contribution in [0.5, 0.6) is 5.75 Å². The fourth-order valence-electron chi connectivity index (χ4n) is 3.33. The standard InChI is InChI=1S/C15H16ClN3O/c1-19-14-11-3-2-10(16)8-13(11)20-15(12(14)9-18-19)4-6-17-7-5-15/h2-3,8-9,17H,4-7H2,1H3. The first-order valence-corrected chi connectivity index (χ1v) is 7.30. The van der Waals surface area contributed by atoms with Gasteiger partial charge in [-0.2, -0.15) is 5.10 Å². The van der Waals surface area contributed by atoms with Gasteiger partial charge in [0.25, 0.3) is 0 Å². The molecule has 1 saturated heterocycles. The average Bonchev–Trinajstić information content (AvgIpc) is 2.83. The minimum absolute atomic E-state index is 0.257. The van der Waals surface area contributed by atoms with Gasteiger partial charge >= 0.3 is 0 Å². The van der Waals surface area contributed by atoms with E-state index in [0.717, 1.165) is 42.9 Å². The molecular formula is C15H16ClN3O. The zero-order chi connectivity index (χ0) is 13.7. The van der Waals surface area contributed by atoms with E-state index in [2.05, 4.69) is 10.4 Å². The minimum atomic E-state index is -0.257. The Bertz CT molecular complexity index is 674. The molecule has 1 fully saturated rings. The Hall–Kier alpha value is -1.52. The summed E-state index contributed by atoms with van der Waals surface area (Å²) in [4.78, 5) is 0. The molecule has 2 aromatic rings. The fraction of sp³-hybridized carbons (Fsp3) is 0.400. The Morgan fingerprint density at radius 2 is 2.15 bits per heavy atom. The van der Waals surface area contributed by atoms with Crippen molar-refractivity contribution >= 4 is 11.6 Å². The first kappa shape index (κ1) is 12.2. The number of rotatable bonds is 0. The summed E-state index contributed by atoms with van der Waals surface area (Å²) < 4.78 is 8.34. The highest BCUT2D eigenvalue weighted by molar-refractivity contribution is 6.30. The molecule has 0 atom stereocenters. The molecule has 2 aliphatic rings. The van der Waals surface area contributed by atoms with Gasteiger partial charge in [0.15, 0.2) is 0 Å². The van der Waals surface area contributed by atoms with Crippen LogP contribution in [0.15, 0.2) is 24.4 Å². The minimum Gasteiger partial charge on any atom is -0.482 e. The number of aromatic nitrogens is 2. The molecule has 20 heavy (non-hydrogen) atoms. The van der Waals surface area contributed by atoms with Gasteiger partial charge in [0.1, 0.15) is 11.4 Å². The summed E-state index contributed by atoms with van der Waals surface area (Å²) in [7, 11) is 1.98. The second kappa shape index (κ2) is 4.24. The summed E-state index contributed by atoms with van der Waals surface area (Å²) in [6, 6.07) is 5.84. The van der Waals surface area contributed by atoms with E-state index in [1.54, 1.807) is 0 Å².